The lowest BCUT2D eigenvalue weighted by atomic mass is 10.1. The Bertz CT molecular complexity index is 906. The van der Waals surface area contributed by atoms with Gasteiger partial charge in [-0.05, 0) is 42.5 Å². The molecule has 2 aromatic carbocycles. The second-order valence-corrected chi connectivity index (χ2v) is 5.44. The average molecular weight is 356 g/mol. The molecule has 0 fully saturated rings. The van der Waals surface area contributed by atoms with Gasteiger partial charge in [-0.15, -0.1) is 0 Å². The van der Waals surface area contributed by atoms with E-state index < -0.39 is 0 Å². The van der Waals surface area contributed by atoms with Gasteiger partial charge in [-0.3, -0.25) is 4.79 Å². The second-order valence-electron chi connectivity index (χ2n) is 5.44. The summed E-state index contributed by atoms with van der Waals surface area (Å²) in [6.45, 7) is 0.192. The van der Waals surface area contributed by atoms with Gasteiger partial charge < -0.3 is 19.3 Å². The molecule has 0 unspecified atom stereocenters. The highest BCUT2D eigenvalue weighted by atomic mass is 19.1. The lowest BCUT2D eigenvalue weighted by molar-refractivity contribution is 0.0949. The number of nitrogens with zero attached hydrogens (tertiary/aromatic N) is 1. The van der Waals surface area contributed by atoms with E-state index in [-0.39, 0.29) is 18.3 Å². The van der Waals surface area contributed by atoms with Gasteiger partial charge in [0, 0.05) is 17.2 Å². The van der Waals surface area contributed by atoms with Crippen molar-refractivity contribution in [1.29, 1.82) is 0 Å². The Hall–Kier alpha value is -3.35. The van der Waals surface area contributed by atoms with E-state index in [1.165, 1.54) is 26.4 Å². The van der Waals surface area contributed by atoms with Crippen molar-refractivity contribution in [3.8, 4) is 22.8 Å². The first-order chi connectivity index (χ1) is 12.6. The maximum absolute atomic E-state index is 13.0. The molecule has 0 atom stereocenters. The minimum Gasteiger partial charge on any atom is -0.493 e. The van der Waals surface area contributed by atoms with E-state index in [4.69, 9.17) is 14.0 Å². The number of rotatable bonds is 6. The molecule has 0 aliphatic heterocycles. The van der Waals surface area contributed by atoms with E-state index in [2.05, 4.69) is 10.5 Å². The summed E-state index contributed by atoms with van der Waals surface area (Å²) in [5.41, 5.74) is 1.69. The lowest BCUT2D eigenvalue weighted by Crippen LogP contribution is -2.22. The van der Waals surface area contributed by atoms with Crippen molar-refractivity contribution in [3.05, 3.63) is 65.6 Å². The van der Waals surface area contributed by atoms with E-state index in [1.807, 2.05) is 0 Å². The van der Waals surface area contributed by atoms with Gasteiger partial charge in [-0.2, -0.15) is 0 Å². The fraction of sp³-hybridized carbons (Fsp3) is 0.158. The van der Waals surface area contributed by atoms with Crippen LogP contribution in [-0.4, -0.2) is 25.3 Å². The van der Waals surface area contributed by atoms with Crippen molar-refractivity contribution in [2.24, 2.45) is 0 Å². The number of hydrogen-bond acceptors (Lipinski definition) is 5. The van der Waals surface area contributed by atoms with Crippen LogP contribution in [0.25, 0.3) is 11.3 Å². The van der Waals surface area contributed by atoms with Crippen molar-refractivity contribution in [1.82, 2.24) is 10.5 Å². The Morgan fingerprint density at radius 3 is 2.50 bits per heavy atom. The Balaban J connectivity index is 1.66. The highest BCUT2D eigenvalue weighted by Crippen LogP contribution is 2.27. The Kier molecular flexibility index (Phi) is 5.17. The van der Waals surface area contributed by atoms with E-state index in [1.54, 1.807) is 36.4 Å². The summed E-state index contributed by atoms with van der Waals surface area (Å²) in [6.07, 6.45) is 0. The maximum Gasteiger partial charge on any atom is 0.251 e. The third kappa shape index (κ3) is 3.83. The number of benzene rings is 2. The summed E-state index contributed by atoms with van der Waals surface area (Å²) in [5.74, 6) is 0.915. The quantitative estimate of drug-likeness (QED) is 0.732. The molecule has 6 nitrogen and oxygen atoms in total. The van der Waals surface area contributed by atoms with Crippen LogP contribution in [0.3, 0.4) is 0 Å². The van der Waals surface area contributed by atoms with Crippen LogP contribution >= 0.6 is 0 Å². The first-order valence-corrected chi connectivity index (χ1v) is 7.82. The van der Waals surface area contributed by atoms with Crippen LogP contribution in [-0.2, 0) is 6.54 Å². The molecule has 0 saturated heterocycles. The van der Waals surface area contributed by atoms with Gasteiger partial charge in [0.2, 0.25) is 0 Å². The van der Waals surface area contributed by atoms with Crippen LogP contribution in [0.4, 0.5) is 4.39 Å². The van der Waals surface area contributed by atoms with Gasteiger partial charge in [0.05, 0.1) is 20.8 Å². The number of aromatic nitrogens is 1. The zero-order chi connectivity index (χ0) is 18.5. The number of halogens is 1. The summed E-state index contributed by atoms with van der Waals surface area (Å²) < 4.78 is 28.5. The number of nitrogens with one attached hydrogen (secondary N) is 1. The Labute approximate surface area is 149 Å². The SMILES string of the molecule is COc1ccc(C(=O)NCc2cc(-c3ccc(F)cc3)on2)cc1OC. The van der Waals surface area contributed by atoms with Crippen LogP contribution in [0.1, 0.15) is 16.1 Å². The predicted molar refractivity (Wildman–Crippen MR) is 92.6 cm³/mol. The number of amides is 1. The molecule has 0 aliphatic rings. The molecule has 0 bridgehead atoms. The molecule has 1 N–H and O–H groups in total. The van der Waals surface area contributed by atoms with Crippen LogP contribution in [0, 0.1) is 5.82 Å². The van der Waals surface area contributed by atoms with Gasteiger partial charge in [-0.25, -0.2) is 4.39 Å². The van der Waals surface area contributed by atoms with Crippen molar-refractivity contribution < 1.29 is 23.2 Å². The zero-order valence-electron chi connectivity index (χ0n) is 14.3. The normalized spacial score (nSPS) is 10.4. The second kappa shape index (κ2) is 7.69. The topological polar surface area (TPSA) is 73.6 Å². The van der Waals surface area contributed by atoms with E-state index >= 15 is 0 Å². The summed E-state index contributed by atoms with van der Waals surface area (Å²) in [6, 6.07) is 12.5. The third-order valence-corrected chi connectivity index (χ3v) is 3.76. The predicted octanol–water partition coefficient (Wildman–Crippen LogP) is 3.43. The molecule has 0 spiro atoms. The molecular weight excluding hydrogens is 339 g/mol. The van der Waals surface area contributed by atoms with Gasteiger partial charge in [0.25, 0.3) is 5.91 Å². The Morgan fingerprint density at radius 2 is 1.81 bits per heavy atom. The summed E-state index contributed by atoms with van der Waals surface area (Å²) in [7, 11) is 3.03. The number of carbonyl (C=O) groups is 1. The highest BCUT2D eigenvalue weighted by Gasteiger charge is 2.12. The molecule has 1 aromatic heterocycles. The molecule has 0 radical (unpaired) electrons. The van der Waals surface area contributed by atoms with E-state index in [9.17, 15) is 9.18 Å². The standard InChI is InChI=1S/C19H17FN2O4/c1-24-16-8-5-13(9-18(16)25-2)19(23)21-11-15-10-17(26-22-15)12-3-6-14(20)7-4-12/h3-10H,11H2,1-2H3,(H,21,23). The smallest absolute Gasteiger partial charge is 0.251 e. The molecule has 134 valence electrons. The number of ether oxygens (including phenoxy) is 2. The molecule has 26 heavy (non-hydrogen) atoms. The summed E-state index contributed by atoms with van der Waals surface area (Å²) in [4.78, 5) is 12.3. The fourth-order valence-electron chi connectivity index (χ4n) is 2.40. The van der Waals surface area contributed by atoms with Crippen molar-refractivity contribution in [3.63, 3.8) is 0 Å². The monoisotopic (exact) mass is 356 g/mol. The molecule has 3 aromatic rings. The summed E-state index contributed by atoms with van der Waals surface area (Å²) in [5, 5.41) is 6.67. The van der Waals surface area contributed by atoms with Gasteiger partial charge in [-0.1, -0.05) is 5.16 Å². The molecule has 1 amide bonds. The first kappa shape index (κ1) is 17.5. The maximum atomic E-state index is 13.0. The van der Waals surface area contributed by atoms with Gasteiger partial charge in [0.15, 0.2) is 17.3 Å². The van der Waals surface area contributed by atoms with Gasteiger partial charge in [0.1, 0.15) is 11.5 Å². The summed E-state index contributed by atoms with van der Waals surface area (Å²) >= 11 is 0. The molecule has 1 heterocycles. The zero-order valence-corrected chi connectivity index (χ0v) is 14.3. The van der Waals surface area contributed by atoms with E-state index in [0.29, 0.717) is 34.1 Å². The lowest BCUT2D eigenvalue weighted by Gasteiger charge is -2.09. The average Bonchev–Trinajstić information content (AvgIpc) is 3.15. The van der Waals surface area contributed by atoms with E-state index in [0.717, 1.165) is 0 Å². The van der Waals surface area contributed by atoms with Crippen molar-refractivity contribution >= 4 is 5.91 Å². The van der Waals surface area contributed by atoms with Crippen LogP contribution in [0.15, 0.2) is 53.1 Å². The Morgan fingerprint density at radius 1 is 1.08 bits per heavy atom. The molecule has 0 aliphatic carbocycles. The minimum absolute atomic E-state index is 0.192. The molecule has 7 heteroatoms. The molecular formula is C19H17FN2O4. The minimum atomic E-state index is -0.323. The van der Waals surface area contributed by atoms with Crippen LogP contribution in [0.2, 0.25) is 0 Å². The largest absolute Gasteiger partial charge is 0.493 e. The third-order valence-electron chi connectivity index (χ3n) is 3.76. The highest BCUT2D eigenvalue weighted by molar-refractivity contribution is 5.94. The first-order valence-electron chi connectivity index (χ1n) is 7.82. The van der Waals surface area contributed by atoms with Gasteiger partial charge >= 0.3 is 0 Å². The van der Waals surface area contributed by atoms with Crippen molar-refractivity contribution in [2.75, 3.05) is 14.2 Å². The number of methoxy groups -OCH3 is 2. The van der Waals surface area contributed by atoms with Crippen LogP contribution in [0.5, 0.6) is 11.5 Å². The molecule has 0 saturated carbocycles. The van der Waals surface area contributed by atoms with Crippen LogP contribution < -0.4 is 14.8 Å². The number of carbonyl (C=O) groups excluding carboxylic acids is 1. The van der Waals surface area contributed by atoms with Crippen molar-refractivity contribution in [2.45, 2.75) is 6.54 Å². The molecule has 3 rings (SSSR count). The number of hydrogen-bond donors (Lipinski definition) is 1. The fourth-order valence-corrected chi connectivity index (χ4v) is 2.40.